The van der Waals surface area contributed by atoms with Crippen LogP contribution in [0.5, 0.6) is 0 Å². The molecule has 0 radical (unpaired) electrons. The van der Waals surface area contributed by atoms with Gasteiger partial charge in [0.25, 0.3) is 5.91 Å². The third-order valence-electron chi connectivity index (χ3n) is 4.31. The third-order valence-corrected chi connectivity index (χ3v) is 6.35. The monoisotopic (exact) mass is 398 g/mol. The summed E-state index contributed by atoms with van der Waals surface area (Å²) in [6.07, 6.45) is 0.958. The van der Waals surface area contributed by atoms with E-state index >= 15 is 0 Å². The average Bonchev–Trinajstić information content (AvgIpc) is 2.56. The van der Waals surface area contributed by atoms with Crippen molar-refractivity contribution in [2.45, 2.75) is 64.4 Å². The van der Waals surface area contributed by atoms with Gasteiger partial charge in [0.2, 0.25) is 10.0 Å². The maximum Gasteiger partial charge on any atom is 0.326 e. The van der Waals surface area contributed by atoms with Gasteiger partial charge in [0.15, 0.2) is 0 Å². The van der Waals surface area contributed by atoms with Crippen molar-refractivity contribution in [2.24, 2.45) is 5.41 Å². The van der Waals surface area contributed by atoms with Crippen LogP contribution in [0.4, 0.5) is 0 Å². The molecule has 0 aliphatic heterocycles. The van der Waals surface area contributed by atoms with E-state index in [-0.39, 0.29) is 21.9 Å². The van der Waals surface area contributed by atoms with E-state index in [1.165, 1.54) is 35.6 Å². The standard InChI is InChI=1S/C19H30N2O5S/c1-13(2)21(6)27(25,26)15-9-7-14(8-10-15)17(22)20-16(18(23)24)11-12-19(3,4)5/h7-10,13,16H,11-12H2,1-6H3,(H,20,22)(H,23,24). The van der Waals surface area contributed by atoms with Gasteiger partial charge in [-0.2, -0.15) is 4.31 Å². The number of carboxylic acid groups (broad SMARTS) is 1. The molecule has 1 atom stereocenters. The first-order valence-corrected chi connectivity index (χ1v) is 10.3. The number of benzene rings is 1. The highest BCUT2D eigenvalue weighted by Gasteiger charge is 2.25. The zero-order chi connectivity index (χ0) is 21.0. The highest BCUT2D eigenvalue weighted by atomic mass is 32.2. The molecule has 1 amide bonds. The Hall–Kier alpha value is -1.93. The molecule has 7 nitrogen and oxygen atoms in total. The van der Waals surface area contributed by atoms with Crippen LogP contribution in [0.15, 0.2) is 29.2 Å². The molecule has 0 aliphatic carbocycles. The Morgan fingerprint density at radius 3 is 2.07 bits per heavy atom. The summed E-state index contributed by atoms with van der Waals surface area (Å²) in [4.78, 5) is 23.8. The van der Waals surface area contributed by atoms with Crippen LogP contribution in [0.2, 0.25) is 0 Å². The van der Waals surface area contributed by atoms with E-state index in [9.17, 15) is 23.1 Å². The van der Waals surface area contributed by atoms with Crippen LogP contribution in [0.3, 0.4) is 0 Å². The minimum Gasteiger partial charge on any atom is -0.480 e. The number of carboxylic acids is 1. The zero-order valence-electron chi connectivity index (χ0n) is 16.8. The van der Waals surface area contributed by atoms with Crippen molar-refractivity contribution in [3.05, 3.63) is 29.8 Å². The average molecular weight is 399 g/mol. The first-order chi connectivity index (χ1) is 12.3. The molecule has 0 saturated carbocycles. The van der Waals surface area contributed by atoms with Crippen LogP contribution in [-0.2, 0) is 14.8 Å². The number of carbonyl (C=O) groups is 2. The number of rotatable bonds is 8. The van der Waals surface area contributed by atoms with Crippen LogP contribution < -0.4 is 5.32 Å². The Morgan fingerprint density at radius 1 is 1.15 bits per heavy atom. The summed E-state index contributed by atoms with van der Waals surface area (Å²) in [5.74, 6) is -1.64. The zero-order valence-corrected chi connectivity index (χ0v) is 17.6. The quantitative estimate of drug-likeness (QED) is 0.701. The molecule has 1 unspecified atom stereocenters. The molecular weight excluding hydrogens is 368 g/mol. The van der Waals surface area contributed by atoms with Crippen LogP contribution in [0, 0.1) is 5.41 Å². The molecule has 0 spiro atoms. The van der Waals surface area contributed by atoms with E-state index in [1.807, 2.05) is 20.8 Å². The second-order valence-electron chi connectivity index (χ2n) is 8.10. The van der Waals surface area contributed by atoms with E-state index in [0.29, 0.717) is 12.8 Å². The maximum atomic E-state index is 12.4. The number of hydrogen-bond acceptors (Lipinski definition) is 4. The molecule has 0 bridgehead atoms. The SMILES string of the molecule is CC(C)N(C)S(=O)(=O)c1ccc(C(=O)NC(CCC(C)(C)C)C(=O)O)cc1. The Kier molecular flexibility index (Phi) is 7.57. The molecule has 1 aromatic carbocycles. The fourth-order valence-corrected chi connectivity index (χ4v) is 3.67. The smallest absolute Gasteiger partial charge is 0.326 e. The number of nitrogens with zero attached hydrogens (tertiary/aromatic N) is 1. The van der Waals surface area contributed by atoms with Crippen molar-refractivity contribution in [3.63, 3.8) is 0 Å². The number of amides is 1. The lowest BCUT2D eigenvalue weighted by Crippen LogP contribution is -2.41. The largest absolute Gasteiger partial charge is 0.480 e. The summed E-state index contributed by atoms with van der Waals surface area (Å²) in [6.45, 7) is 9.54. The summed E-state index contributed by atoms with van der Waals surface area (Å²) in [7, 11) is -2.14. The summed E-state index contributed by atoms with van der Waals surface area (Å²) >= 11 is 0. The molecular formula is C19H30N2O5S. The summed E-state index contributed by atoms with van der Waals surface area (Å²) < 4.78 is 26.1. The second-order valence-corrected chi connectivity index (χ2v) is 10.1. The number of nitrogens with one attached hydrogen (secondary N) is 1. The Morgan fingerprint density at radius 2 is 1.67 bits per heavy atom. The Bertz CT molecular complexity index is 764. The molecule has 0 aliphatic rings. The van der Waals surface area contributed by atoms with Crippen molar-refractivity contribution in [1.82, 2.24) is 9.62 Å². The Labute approximate surface area is 161 Å². The van der Waals surface area contributed by atoms with Crippen LogP contribution in [0.1, 0.15) is 57.8 Å². The third kappa shape index (κ3) is 6.62. The molecule has 0 saturated heterocycles. The van der Waals surface area contributed by atoms with Crippen LogP contribution in [0.25, 0.3) is 0 Å². The van der Waals surface area contributed by atoms with Crippen LogP contribution >= 0.6 is 0 Å². The van der Waals surface area contributed by atoms with Gasteiger partial charge >= 0.3 is 5.97 Å². The van der Waals surface area contributed by atoms with Gasteiger partial charge in [0.1, 0.15) is 6.04 Å². The summed E-state index contributed by atoms with van der Waals surface area (Å²) in [5, 5.41) is 11.8. The molecule has 0 fully saturated rings. The number of sulfonamides is 1. The van der Waals surface area contributed by atoms with Crippen LogP contribution in [-0.4, -0.2) is 48.8 Å². The fraction of sp³-hybridized carbons (Fsp3) is 0.579. The highest BCUT2D eigenvalue weighted by molar-refractivity contribution is 7.89. The summed E-state index contributed by atoms with van der Waals surface area (Å²) in [5.41, 5.74) is 0.166. The van der Waals surface area contributed by atoms with E-state index in [2.05, 4.69) is 5.32 Å². The van der Waals surface area contributed by atoms with Gasteiger partial charge in [-0.05, 0) is 56.4 Å². The molecule has 27 heavy (non-hydrogen) atoms. The minimum absolute atomic E-state index is 0.0448. The maximum absolute atomic E-state index is 12.4. The second kappa shape index (κ2) is 8.84. The molecule has 0 aromatic heterocycles. The van der Waals surface area contributed by atoms with E-state index in [1.54, 1.807) is 13.8 Å². The molecule has 1 aromatic rings. The number of carbonyl (C=O) groups excluding carboxylic acids is 1. The van der Waals surface area contributed by atoms with E-state index in [4.69, 9.17) is 0 Å². The predicted octanol–water partition coefficient (Wildman–Crippen LogP) is 2.72. The molecule has 0 heterocycles. The molecule has 1 rings (SSSR count). The first-order valence-electron chi connectivity index (χ1n) is 8.87. The predicted molar refractivity (Wildman–Crippen MR) is 104 cm³/mol. The van der Waals surface area contributed by atoms with E-state index < -0.39 is 27.9 Å². The van der Waals surface area contributed by atoms with Gasteiger partial charge in [-0.1, -0.05) is 20.8 Å². The lowest BCUT2D eigenvalue weighted by Gasteiger charge is -2.22. The Balaban J connectivity index is 2.91. The molecule has 2 N–H and O–H groups in total. The number of hydrogen-bond donors (Lipinski definition) is 2. The fourth-order valence-electron chi connectivity index (χ4n) is 2.30. The van der Waals surface area contributed by atoms with Crippen molar-refractivity contribution >= 4 is 21.9 Å². The van der Waals surface area contributed by atoms with Gasteiger partial charge in [-0.15, -0.1) is 0 Å². The normalized spacial score (nSPS) is 13.6. The van der Waals surface area contributed by atoms with E-state index in [0.717, 1.165) is 0 Å². The highest BCUT2D eigenvalue weighted by Crippen LogP contribution is 2.22. The van der Waals surface area contributed by atoms with Gasteiger partial charge in [-0.25, -0.2) is 13.2 Å². The topological polar surface area (TPSA) is 104 Å². The van der Waals surface area contributed by atoms with Gasteiger partial charge in [0.05, 0.1) is 4.90 Å². The number of aliphatic carboxylic acids is 1. The molecule has 152 valence electrons. The lowest BCUT2D eigenvalue weighted by molar-refractivity contribution is -0.139. The lowest BCUT2D eigenvalue weighted by atomic mass is 9.88. The first kappa shape index (κ1) is 23.1. The summed E-state index contributed by atoms with van der Waals surface area (Å²) in [6, 6.07) is 4.30. The molecule has 8 heteroatoms. The van der Waals surface area contributed by atoms with Crippen molar-refractivity contribution in [1.29, 1.82) is 0 Å². The minimum atomic E-state index is -3.63. The van der Waals surface area contributed by atoms with Crippen molar-refractivity contribution in [3.8, 4) is 0 Å². The van der Waals surface area contributed by atoms with Crippen molar-refractivity contribution in [2.75, 3.05) is 7.05 Å². The van der Waals surface area contributed by atoms with Crippen molar-refractivity contribution < 1.29 is 23.1 Å². The van der Waals surface area contributed by atoms with Gasteiger partial charge in [-0.3, -0.25) is 4.79 Å². The van der Waals surface area contributed by atoms with Gasteiger partial charge < -0.3 is 10.4 Å². The van der Waals surface area contributed by atoms with Gasteiger partial charge in [0, 0.05) is 18.7 Å².